The predicted molar refractivity (Wildman–Crippen MR) is 67.4 cm³/mol. The van der Waals surface area contributed by atoms with Crippen molar-refractivity contribution >= 4 is 10.0 Å². The molecule has 0 atom stereocenters. The Labute approximate surface area is 119 Å². The van der Waals surface area contributed by atoms with Crippen molar-refractivity contribution in [3.8, 4) is 5.75 Å². The zero-order valence-corrected chi connectivity index (χ0v) is 11.9. The number of benzene rings is 1. The Balaban J connectivity index is 2.36. The third-order valence-corrected chi connectivity index (χ3v) is 4.24. The van der Waals surface area contributed by atoms with E-state index in [1.807, 2.05) is 0 Å². The van der Waals surface area contributed by atoms with E-state index >= 15 is 0 Å². The van der Waals surface area contributed by atoms with Crippen LogP contribution in [0.5, 0.6) is 5.75 Å². The highest BCUT2D eigenvalue weighted by molar-refractivity contribution is 7.89. The van der Waals surface area contributed by atoms with Gasteiger partial charge in [0.1, 0.15) is 5.75 Å². The maximum absolute atomic E-state index is 12.3. The Morgan fingerprint density at radius 2 is 1.71 bits per heavy atom. The first-order valence-corrected chi connectivity index (χ1v) is 7.18. The number of aromatic nitrogens is 2. The highest BCUT2D eigenvalue weighted by Gasteiger charge is 2.31. The number of hydrogen-bond acceptors (Lipinski definition) is 4. The fraction of sp³-hybridized carbons (Fsp3) is 0.250. The smallest absolute Gasteiger partial charge is 0.406 e. The second-order valence-corrected chi connectivity index (χ2v) is 6.06. The summed E-state index contributed by atoms with van der Waals surface area (Å²) < 4.78 is 65.3. The Hall–Kier alpha value is -2.03. The Kier molecular flexibility index (Phi) is 3.70. The highest BCUT2D eigenvalue weighted by atomic mass is 32.2. The predicted octanol–water partition coefficient (Wildman–Crippen LogP) is 2.64. The van der Waals surface area contributed by atoms with Crippen LogP contribution in [0.25, 0.3) is 0 Å². The molecule has 114 valence electrons. The van der Waals surface area contributed by atoms with Crippen molar-refractivity contribution in [1.29, 1.82) is 0 Å². The molecule has 1 heterocycles. The largest absolute Gasteiger partial charge is 0.573 e. The standard InChI is InChI=1S/C12H11F3N2O3S/c1-8-7-9(2)17(16-8)21(18,19)11-5-3-10(4-6-11)20-12(13,14)15/h3-7H,1-2H3. The summed E-state index contributed by atoms with van der Waals surface area (Å²) in [6.45, 7) is 3.21. The van der Waals surface area contributed by atoms with Gasteiger partial charge in [-0.05, 0) is 44.2 Å². The number of rotatable bonds is 3. The second kappa shape index (κ2) is 5.06. The molecule has 2 aromatic rings. The molecular formula is C12H11F3N2O3S. The Morgan fingerprint density at radius 3 is 2.14 bits per heavy atom. The summed E-state index contributed by atoms with van der Waals surface area (Å²) in [5, 5.41) is 3.86. The van der Waals surface area contributed by atoms with Crippen LogP contribution in [0.3, 0.4) is 0 Å². The molecular weight excluding hydrogens is 309 g/mol. The van der Waals surface area contributed by atoms with Crippen LogP contribution in [-0.2, 0) is 10.0 Å². The molecule has 0 bridgehead atoms. The Bertz CT molecular complexity index is 749. The lowest BCUT2D eigenvalue weighted by Crippen LogP contribution is -2.18. The van der Waals surface area contributed by atoms with E-state index in [4.69, 9.17) is 0 Å². The first kappa shape index (κ1) is 15.4. The lowest BCUT2D eigenvalue weighted by atomic mass is 10.3. The Morgan fingerprint density at radius 1 is 1.14 bits per heavy atom. The average molecular weight is 320 g/mol. The van der Waals surface area contributed by atoms with Gasteiger partial charge in [-0.3, -0.25) is 0 Å². The van der Waals surface area contributed by atoms with Crippen molar-refractivity contribution in [3.05, 3.63) is 41.7 Å². The summed E-state index contributed by atoms with van der Waals surface area (Å²) in [7, 11) is -3.94. The number of ether oxygens (including phenoxy) is 1. The number of aryl methyl sites for hydroxylation is 2. The minimum atomic E-state index is -4.82. The van der Waals surface area contributed by atoms with Crippen molar-refractivity contribution in [1.82, 2.24) is 9.19 Å². The second-order valence-electron chi connectivity index (χ2n) is 4.29. The number of halogens is 3. The minimum absolute atomic E-state index is 0.178. The van der Waals surface area contributed by atoms with Crippen molar-refractivity contribution in [2.45, 2.75) is 25.1 Å². The fourth-order valence-electron chi connectivity index (χ4n) is 1.76. The molecule has 0 aliphatic carbocycles. The molecule has 21 heavy (non-hydrogen) atoms. The van der Waals surface area contributed by atoms with Crippen molar-refractivity contribution in [2.24, 2.45) is 0 Å². The summed E-state index contributed by atoms with van der Waals surface area (Å²) >= 11 is 0. The van der Waals surface area contributed by atoms with E-state index in [0.717, 1.165) is 28.4 Å². The molecule has 1 aromatic heterocycles. The molecule has 9 heteroatoms. The summed E-state index contributed by atoms with van der Waals surface area (Å²) in [6.07, 6.45) is -4.82. The van der Waals surface area contributed by atoms with E-state index in [9.17, 15) is 21.6 Å². The molecule has 0 radical (unpaired) electrons. The third-order valence-electron chi connectivity index (χ3n) is 2.55. The van der Waals surface area contributed by atoms with Gasteiger partial charge < -0.3 is 4.74 Å². The van der Waals surface area contributed by atoms with Crippen molar-refractivity contribution in [2.75, 3.05) is 0 Å². The minimum Gasteiger partial charge on any atom is -0.406 e. The van der Waals surface area contributed by atoms with E-state index in [1.165, 1.54) is 0 Å². The van der Waals surface area contributed by atoms with Crippen LogP contribution in [-0.4, -0.2) is 24.0 Å². The molecule has 5 nitrogen and oxygen atoms in total. The van der Waals surface area contributed by atoms with Crippen LogP contribution < -0.4 is 4.74 Å². The first-order valence-electron chi connectivity index (χ1n) is 5.74. The van der Waals surface area contributed by atoms with Crippen LogP contribution in [0, 0.1) is 13.8 Å². The van der Waals surface area contributed by atoms with Crippen LogP contribution in [0.2, 0.25) is 0 Å². The van der Waals surface area contributed by atoms with Crippen molar-refractivity contribution in [3.63, 3.8) is 0 Å². The van der Waals surface area contributed by atoms with Crippen molar-refractivity contribution < 1.29 is 26.3 Å². The molecule has 0 aliphatic heterocycles. The number of hydrogen-bond donors (Lipinski definition) is 0. The monoisotopic (exact) mass is 320 g/mol. The molecule has 0 amide bonds. The van der Waals surface area contributed by atoms with Gasteiger partial charge in [0.05, 0.1) is 16.3 Å². The molecule has 0 N–H and O–H groups in total. The van der Waals surface area contributed by atoms with E-state index in [1.54, 1.807) is 19.9 Å². The number of alkyl halides is 3. The fourth-order valence-corrected chi connectivity index (χ4v) is 3.11. The van der Waals surface area contributed by atoms with Gasteiger partial charge in [0.2, 0.25) is 0 Å². The maximum Gasteiger partial charge on any atom is 0.573 e. The van der Waals surface area contributed by atoms with Crippen LogP contribution in [0.4, 0.5) is 13.2 Å². The summed E-state index contributed by atoms with van der Waals surface area (Å²) in [5.41, 5.74) is 0.927. The lowest BCUT2D eigenvalue weighted by molar-refractivity contribution is -0.274. The zero-order valence-electron chi connectivity index (χ0n) is 11.0. The van der Waals surface area contributed by atoms with Crippen LogP contribution in [0.1, 0.15) is 11.4 Å². The molecule has 0 saturated carbocycles. The highest BCUT2D eigenvalue weighted by Crippen LogP contribution is 2.24. The summed E-state index contributed by atoms with van der Waals surface area (Å²) in [6, 6.07) is 5.52. The molecule has 2 rings (SSSR count). The first-order chi connectivity index (χ1) is 9.59. The van der Waals surface area contributed by atoms with Crippen LogP contribution >= 0.6 is 0 Å². The summed E-state index contributed by atoms with van der Waals surface area (Å²) in [4.78, 5) is -0.178. The van der Waals surface area contributed by atoms with E-state index < -0.39 is 22.1 Å². The van der Waals surface area contributed by atoms with Gasteiger partial charge in [0, 0.05) is 0 Å². The normalized spacial score (nSPS) is 12.4. The quantitative estimate of drug-likeness (QED) is 0.872. The van der Waals surface area contributed by atoms with E-state index in [2.05, 4.69) is 9.84 Å². The van der Waals surface area contributed by atoms with Gasteiger partial charge in [-0.2, -0.15) is 17.6 Å². The molecule has 0 fully saturated rings. The maximum atomic E-state index is 12.3. The number of nitrogens with zero attached hydrogens (tertiary/aromatic N) is 2. The average Bonchev–Trinajstić information content (AvgIpc) is 2.68. The van der Waals surface area contributed by atoms with Gasteiger partial charge in [-0.25, -0.2) is 0 Å². The third kappa shape index (κ3) is 3.35. The summed E-state index contributed by atoms with van der Waals surface area (Å²) in [5.74, 6) is -0.491. The van der Waals surface area contributed by atoms with Gasteiger partial charge in [-0.15, -0.1) is 13.2 Å². The van der Waals surface area contributed by atoms with E-state index in [0.29, 0.717) is 11.4 Å². The SMILES string of the molecule is Cc1cc(C)n(S(=O)(=O)c2ccc(OC(F)(F)F)cc2)n1. The molecule has 1 aromatic carbocycles. The zero-order chi connectivity index (χ0) is 15.8. The van der Waals surface area contributed by atoms with Gasteiger partial charge in [-0.1, -0.05) is 0 Å². The van der Waals surface area contributed by atoms with E-state index in [-0.39, 0.29) is 4.90 Å². The molecule has 0 saturated heterocycles. The molecule has 0 spiro atoms. The van der Waals surface area contributed by atoms with Gasteiger partial charge >= 0.3 is 6.36 Å². The van der Waals surface area contributed by atoms with Gasteiger partial charge in [0.15, 0.2) is 0 Å². The van der Waals surface area contributed by atoms with Gasteiger partial charge in [0.25, 0.3) is 10.0 Å². The molecule has 0 unspecified atom stereocenters. The van der Waals surface area contributed by atoms with Crippen LogP contribution in [0.15, 0.2) is 35.2 Å². The topological polar surface area (TPSA) is 61.2 Å². The lowest BCUT2D eigenvalue weighted by Gasteiger charge is -2.10. The molecule has 0 aliphatic rings.